The van der Waals surface area contributed by atoms with Gasteiger partial charge >= 0.3 is 0 Å². The van der Waals surface area contributed by atoms with Crippen LogP contribution in [0.4, 0.5) is 10.1 Å². The third-order valence-electron chi connectivity index (χ3n) is 5.05. The van der Waals surface area contributed by atoms with Crippen molar-refractivity contribution in [1.82, 2.24) is 4.90 Å². The number of hydrogen-bond donors (Lipinski definition) is 0. The molecule has 28 heavy (non-hydrogen) atoms. The number of amides is 2. The maximum atomic E-state index is 13.9. The van der Waals surface area contributed by atoms with Crippen molar-refractivity contribution in [3.05, 3.63) is 53.8 Å². The largest absolute Gasteiger partial charge is 0.486 e. The van der Waals surface area contributed by atoms with Crippen molar-refractivity contribution in [2.24, 2.45) is 5.92 Å². The molecule has 2 aromatic rings. The lowest BCUT2D eigenvalue weighted by Gasteiger charge is -2.23. The van der Waals surface area contributed by atoms with Crippen molar-refractivity contribution in [2.45, 2.75) is 13.0 Å². The average molecular weight is 384 g/mol. The van der Waals surface area contributed by atoms with E-state index in [0.717, 1.165) is 0 Å². The Morgan fingerprint density at radius 2 is 1.93 bits per heavy atom. The maximum absolute atomic E-state index is 13.9. The van der Waals surface area contributed by atoms with Crippen LogP contribution in [-0.4, -0.2) is 43.5 Å². The molecule has 0 aliphatic carbocycles. The summed E-state index contributed by atoms with van der Waals surface area (Å²) in [5, 5.41) is 0. The molecule has 4 rings (SSSR count). The van der Waals surface area contributed by atoms with Gasteiger partial charge in [0.2, 0.25) is 11.8 Å². The van der Waals surface area contributed by atoms with Crippen molar-refractivity contribution in [1.29, 1.82) is 0 Å². The Morgan fingerprint density at radius 3 is 2.71 bits per heavy atom. The monoisotopic (exact) mass is 384 g/mol. The molecule has 0 radical (unpaired) electrons. The molecule has 0 saturated carbocycles. The zero-order chi connectivity index (χ0) is 19.7. The highest BCUT2D eigenvalue weighted by Crippen LogP contribution is 2.36. The molecule has 0 bridgehead atoms. The first-order valence-corrected chi connectivity index (χ1v) is 9.21. The summed E-state index contributed by atoms with van der Waals surface area (Å²) in [5.41, 5.74) is 1.13. The Morgan fingerprint density at radius 1 is 1.18 bits per heavy atom. The highest BCUT2D eigenvalue weighted by atomic mass is 19.1. The fraction of sp³-hybridized carbons (Fsp3) is 0.333. The minimum atomic E-state index is -0.461. The summed E-state index contributed by atoms with van der Waals surface area (Å²) < 4.78 is 24.9. The number of fused-ring (bicyclic) bond motifs is 1. The average Bonchev–Trinajstić information content (AvgIpc) is 3.10. The number of ether oxygens (including phenoxy) is 2. The van der Waals surface area contributed by atoms with E-state index in [4.69, 9.17) is 9.47 Å². The number of halogens is 1. The molecule has 2 aliphatic rings. The first-order chi connectivity index (χ1) is 13.5. The Balaban J connectivity index is 1.45. The van der Waals surface area contributed by atoms with Gasteiger partial charge in [0.15, 0.2) is 11.5 Å². The molecule has 1 fully saturated rings. The highest BCUT2D eigenvalue weighted by Gasteiger charge is 2.37. The topological polar surface area (TPSA) is 59.1 Å². The van der Waals surface area contributed by atoms with Gasteiger partial charge in [-0.15, -0.1) is 0 Å². The van der Waals surface area contributed by atoms with Crippen LogP contribution in [0.15, 0.2) is 42.5 Å². The Labute approximate surface area is 162 Å². The minimum Gasteiger partial charge on any atom is -0.486 e. The van der Waals surface area contributed by atoms with Gasteiger partial charge in [-0.2, -0.15) is 0 Å². The van der Waals surface area contributed by atoms with E-state index in [-0.39, 0.29) is 30.6 Å². The van der Waals surface area contributed by atoms with Crippen LogP contribution in [0.2, 0.25) is 0 Å². The first-order valence-electron chi connectivity index (χ1n) is 9.21. The van der Waals surface area contributed by atoms with Crippen molar-refractivity contribution in [3.63, 3.8) is 0 Å². The lowest BCUT2D eigenvalue weighted by molar-refractivity contribution is -0.135. The molecule has 0 spiro atoms. The molecule has 0 N–H and O–H groups in total. The van der Waals surface area contributed by atoms with Crippen LogP contribution < -0.4 is 14.4 Å². The van der Waals surface area contributed by atoms with Gasteiger partial charge in [-0.05, 0) is 18.2 Å². The van der Waals surface area contributed by atoms with Crippen LogP contribution in [0, 0.1) is 11.7 Å². The molecular formula is C21H21FN2O4. The zero-order valence-electron chi connectivity index (χ0n) is 15.6. The normalized spacial score (nSPS) is 18.3. The smallest absolute Gasteiger partial charge is 0.228 e. The van der Waals surface area contributed by atoms with Gasteiger partial charge in [0.1, 0.15) is 19.0 Å². The molecule has 2 heterocycles. The predicted molar refractivity (Wildman–Crippen MR) is 101 cm³/mol. The van der Waals surface area contributed by atoms with Gasteiger partial charge in [-0.3, -0.25) is 9.59 Å². The van der Waals surface area contributed by atoms with Crippen LogP contribution in [0.1, 0.15) is 12.0 Å². The Hall–Kier alpha value is -3.09. The fourth-order valence-corrected chi connectivity index (χ4v) is 3.59. The van der Waals surface area contributed by atoms with Gasteiger partial charge in [0, 0.05) is 43.9 Å². The summed E-state index contributed by atoms with van der Waals surface area (Å²) in [6.07, 6.45) is 0.134. The van der Waals surface area contributed by atoms with E-state index in [2.05, 4.69) is 0 Å². The molecule has 1 unspecified atom stereocenters. The van der Waals surface area contributed by atoms with Crippen LogP contribution >= 0.6 is 0 Å². The third-order valence-corrected chi connectivity index (χ3v) is 5.05. The van der Waals surface area contributed by atoms with Crippen molar-refractivity contribution in [3.8, 4) is 11.5 Å². The van der Waals surface area contributed by atoms with Crippen LogP contribution in [0.25, 0.3) is 0 Å². The van der Waals surface area contributed by atoms with Gasteiger partial charge in [0.05, 0.1) is 5.92 Å². The number of rotatable bonds is 4. The van der Waals surface area contributed by atoms with E-state index in [9.17, 15) is 14.0 Å². The molecule has 1 atom stereocenters. The maximum Gasteiger partial charge on any atom is 0.228 e. The quantitative estimate of drug-likeness (QED) is 0.813. The molecule has 2 amide bonds. The summed E-state index contributed by atoms with van der Waals surface area (Å²) in [5.74, 6) is 0.160. The van der Waals surface area contributed by atoms with Gasteiger partial charge < -0.3 is 19.3 Å². The fourth-order valence-electron chi connectivity index (χ4n) is 3.59. The molecular weight excluding hydrogens is 363 g/mol. The number of benzene rings is 2. The van der Waals surface area contributed by atoms with E-state index in [1.807, 2.05) is 0 Å². The second-order valence-electron chi connectivity index (χ2n) is 7.02. The number of anilines is 1. The molecule has 7 heteroatoms. The van der Waals surface area contributed by atoms with Crippen molar-refractivity contribution < 1.29 is 23.5 Å². The Kier molecular flexibility index (Phi) is 4.90. The highest BCUT2D eigenvalue weighted by molar-refractivity contribution is 6.00. The van der Waals surface area contributed by atoms with Gasteiger partial charge in [0.25, 0.3) is 0 Å². The molecule has 146 valence electrons. The lowest BCUT2D eigenvalue weighted by atomic mass is 10.1. The van der Waals surface area contributed by atoms with E-state index in [0.29, 0.717) is 42.5 Å². The van der Waals surface area contributed by atoms with Crippen molar-refractivity contribution in [2.75, 3.05) is 31.7 Å². The van der Waals surface area contributed by atoms with Crippen LogP contribution in [-0.2, 0) is 16.1 Å². The van der Waals surface area contributed by atoms with Gasteiger partial charge in [-0.1, -0.05) is 18.2 Å². The number of nitrogens with zero attached hydrogens (tertiary/aromatic N) is 2. The van der Waals surface area contributed by atoms with Crippen LogP contribution in [0.3, 0.4) is 0 Å². The lowest BCUT2D eigenvalue weighted by Crippen LogP contribution is -2.34. The molecule has 0 aromatic heterocycles. The summed E-state index contributed by atoms with van der Waals surface area (Å²) in [7, 11) is 1.63. The minimum absolute atomic E-state index is 0.116. The summed E-state index contributed by atoms with van der Waals surface area (Å²) in [4.78, 5) is 28.4. The molecule has 2 aliphatic heterocycles. The molecule has 6 nitrogen and oxygen atoms in total. The van der Waals surface area contributed by atoms with E-state index >= 15 is 0 Å². The summed E-state index contributed by atoms with van der Waals surface area (Å²) in [6.45, 7) is 1.42. The summed E-state index contributed by atoms with van der Waals surface area (Å²) in [6, 6.07) is 11.7. The number of carbonyl (C=O) groups is 2. The Bertz CT molecular complexity index is 917. The SMILES string of the molecule is CN(Cc1ccccc1F)C(=O)C1CC(=O)N(c2ccc3c(c2)OCCO3)C1. The third kappa shape index (κ3) is 3.52. The number of carbonyl (C=O) groups excluding carboxylic acids is 2. The van der Waals surface area contributed by atoms with Crippen LogP contribution in [0.5, 0.6) is 11.5 Å². The standard InChI is InChI=1S/C21H21FN2O4/c1-23(12-14-4-2-3-5-17(14)22)21(26)15-10-20(25)24(13-15)16-6-7-18-19(11-16)28-9-8-27-18/h2-7,11,15H,8-10,12-13H2,1H3. The number of hydrogen-bond acceptors (Lipinski definition) is 4. The van der Waals surface area contributed by atoms with E-state index in [1.54, 1.807) is 48.3 Å². The first kappa shape index (κ1) is 18.3. The molecule has 1 saturated heterocycles. The predicted octanol–water partition coefficient (Wildman–Crippen LogP) is 2.61. The van der Waals surface area contributed by atoms with E-state index < -0.39 is 5.92 Å². The summed E-state index contributed by atoms with van der Waals surface area (Å²) >= 11 is 0. The second-order valence-corrected chi connectivity index (χ2v) is 7.02. The van der Waals surface area contributed by atoms with Gasteiger partial charge in [-0.25, -0.2) is 4.39 Å². The second kappa shape index (κ2) is 7.50. The van der Waals surface area contributed by atoms with Crippen molar-refractivity contribution >= 4 is 17.5 Å². The molecule has 2 aromatic carbocycles. The zero-order valence-corrected chi connectivity index (χ0v) is 15.6. The van der Waals surface area contributed by atoms with E-state index in [1.165, 1.54) is 11.0 Å².